The predicted molar refractivity (Wildman–Crippen MR) is 114 cm³/mol. The SMILES string of the molecule is COc1ccc(-c2cc(C(F)(F)F)n3nc(C(=O)Nc4ccc(C)c(C)c4)cc3n2)cc1. The molecule has 0 bridgehead atoms. The first-order valence-electron chi connectivity index (χ1n) is 9.67. The number of hydrogen-bond donors (Lipinski definition) is 1. The van der Waals surface area contributed by atoms with Gasteiger partial charge < -0.3 is 10.1 Å². The average Bonchev–Trinajstić information content (AvgIpc) is 3.19. The van der Waals surface area contributed by atoms with Crippen molar-refractivity contribution in [2.24, 2.45) is 0 Å². The van der Waals surface area contributed by atoms with E-state index in [1.807, 2.05) is 19.9 Å². The van der Waals surface area contributed by atoms with Gasteiger partial charge in [-0.1, -0.05) is 6.07 Å². The van der Waals surface area contributed by atoms with Gasteiger partial charge >= 0.3 is 6.18 Å². The lowest BCUT2D eigenvalue weighted by atomic mass is 10.1. The molecule has 0 saturated heterocycles. The second kappa shape index (κ2) is 7.99. The van der Waals surface area contributed by atoms with Gasteiger partial charge in [0, 0.05) is 17.3 Å². The molecule has 164 valence electrons. The summed E-state index contributed by atoms with van der Waals surface area (Å²) in [4.78, 5) is 16.9. The molecule has 0 aliphatic rings. The van der Waals surface area contributed by atoms with Crippen molar-refractivity contribution in [2.45, 2.75) is 20.0 Å². The monoisotopic (exact) mass is 440 g/mol. The fraction of sp³-hybridized carbons (Fsp3) is 0.174. The number of anilines is 1. The van der Waals surface area contributed by atoms with Crippen LogP contribution in [0.3, 0.4) is 0 Å². The maximum atomic E-state index is 13.8. The molecule has 1 amide bonds. The fourth-order valence-electron chi connectivity index (χ4n) is 3.21. The smallest absolute Gasteiger partial charge is 0.433 e. The van der Waals surface area contributed by atoms with Gasteiger partial charge in [0.15, 0.2) is 17.0 Å². The number of halogens is 3. The molecule has 0 aliphatic heterocycles. The zero-order valence-corrected chi connectivity index (χ0v) is 17.5. The number of alkyl halides is 3. The summed E-state index contributed by atoms with van der Waals surface area (Å²) in [5.41, 5.74) is 1.85. The summed E-state index contributed by atoms with van der Waals surface area (Å²) in [5, 5.41) is 6.55. The van der Waals surface area contributed by atoms with Crippen molar-refractivity contribution in [3.63, 3.8) is 0 Å². The highest BCUT2D eigenvalue weighted by Gasteiger charge is 2.35. The van der Waals surface area contributed by atoms with Crippen molar-refractivity contribution in [1.82, 2.24) is 14.6 Å². The molecule has 0 radical (unpaired) electrons. The van der Waals surface area contributed by atoms with Gasteiger partial charge in [0.1, 0.15) is 5.75 Å². The van der Waals surface area contributed by atoms with Crippen molar-refractivity contribution in [3.05, 3.63) is 77.1 Å². The van der Waals surface area contributed by atoms with Crippen molar-refractivity contribution in [2.75, 3.05) is 12.4 Å². The summed E-state index contributed by atoms with van der Waals surface area (Å²) in [6.45, 7) is 3.84. The Labute approximate surface area is 181 Å². The van der Waals surface area contributed by atoms with E-state index in [9.17, 15) is 18.0 Å². The van der Waals surface area contributed by atoms with Gasteiger partial charge in [-0.05, 0) is 67.4 Å². The number of ether oxygens (including phenoxy) is 1. The van der Waals surface area contributed by atoms with E-state index in [1.165, 1.54) is 13.2 Å². The Morgan fingerprint density at radius 3 is 2.34 bits per heavy atom. The largest absolute Gasteiger partial charge is 0.497 e. The number of fused-ring (bicyclic) bond motifs is 1. The normalized spacial score (nSPS) is 11.6. The van der Waals surface area contributed by atoms with Crippen LogP contribution in [0.25, 0.3) is 16.9 Å². The Balaban J connectivity index is 1.75. The van der Waals surface area contributed by atoms with Crippen LogP contribution in [0.5, 0.6) is 5.75 Å². The molecule has 6 nitrogen and oxygen atoms in total. The fourth-order valence-corrected chi connectivity index (χ4v) is 3.21. The molecular weight excluding hydrogens is 421 g/mol. The number of carbonyl (C=O) groups excluding carboxylic acids is 1. The molecule has 0 unspecified atom stereocenters. The van der Waals surface area contributed by atoms with E-state index in [0.717, 1.165) is 17.2 Å². The van der Waals surface area contributed by atoms with Gasteiger partial charge in [-0.15, -0.1) is 0 Å². The summed E-state index contributed by atoms with van der Waals surface area (Å²) in [5.74, 6) is -0.0570. The molecule has 0 atom stereocenters. The average molecular weight is 440 g/mol. The van der Waals surface area contributed by atoms with E-state index in [4.69, 9.17) is 4.74 Å². The van der Waals surface area contributed by atoms with Gasteiger partial charge in [-0.2, -0.15) is 18.3 Å². The third kappa shape index (κ3) is 4.14. The lowest BCUT2D eigenvalue weighted by Crippen LogP contribution is -2.15. The minimum absolute atomic E-state index is 0.0871. The Hall–Kier alpha value is -3.88. The number of carbonyl (C=O) groups is 1. The lowest BCUT2D eigenvalue weighted by Gasteiger charge is -2.11. The number of amides is 1. The number of aryl methyl sites for hydroxylation is 2. The standard InChI is InChI=1S/C23H19F3N4O2/c1-13-4-7-16(10-14(13)2)27-22(31)19-12-21-28-18(15-5-8-17(32-3)9-6-15)11-20(23(24,25)26)30(21)29-19/h4-12H,1-3H3,(H,27,31). The number of nitrogens with one attached hydrogen (secondary N) is 1. The van der Waals surface area contributed by atoms with Gasteiger partial charge in [-0.3, -0.25) is 4.79 Å². The number of benzene rings is 2. The van der Waals surface area contributed by atoms with E-state index >= 15 is 0 Å². The topological polar surface area (TPSA) is 68.5 Å². The van der Waals surface area contributed by atoms with Crippen molar-refractivity contribution >= 4 is 17.2 Å². The van der Waals surface area contributed by atoms with Crippen molar-refractivity contribution < 1.29 is 22.7 Å². The van der Waals surface area contributed by atoms with E-state index in [-0.39, 0.29) is 17.0 Å². The first-order valence-corrected chi connectivity index (χ1v) is 9.67. The molecule has 4 aromatic rings. The molecule has 32 heavy (non-hydrogen) atoms. The van der Waals surface area contributed by atoms with Crippen LogP contribution < -0.4 is 10.1 Å². The van der Waals surface area contributed by atoms with Gasteiger partial charge in [0.25, 0.3) is 5.91 Å². The zero-order valence-electron chi connectivity index (χ0n) is 17.5. The minimum atomic E-state index is -4.70. The van der Waals surface area contributed by atoms with E-state index in [1.54, 1.807) is 36.4 Å². The zero-order chi connectivity index (χ0) is 23.0. The first-order chi connectivity index (χ1) is 15.2. The molecule has 2 aromatic heterocycles. The van der Waals surface area contributed by atoms with Crippen LogP contribution in [0.4, 0.5) is 18.9 Å². The van der Waals surface area contributed by atoms with Crippen LogP contribution in [0, 0.1) is 13.8 Å². The highest BCUT2D eigenvalue weighted by atomic mass is 19.4. The molecule has 0 aliphatic carbocycles. The van der Waals surface area contributed by atoms with Gasteiger partial charge in [0.05, 0.1) is 12.8 Å². The first kappa shape index (κ1) is 21.4. The summed E-state index contributed by atoms with van der Waals surface area (Å²) >= 11 is 0. The number of hydrogen-bond acceptors (Lipinski definition) is 4. The van der Waals surface area contributed by atoms with Crippen LogP contribution in [0.1, 0.15) is 27.3 Å². The molecule has 0 fully saturated rings. The number of methoxy groups -OCH3 is 1. The second-order valence-electron chi connectivity index (χ2n) is 7.31. The van der Waals surface area contributed by atoms with Crippen LogP contribution in [-0.2, 0) is 6.18 Å². The Morgan fingerprint density at radius 2 is 1.72 bits per heavy atom. The third-order valence-corrected chi connectivity index (χ3v) is 5.10. The predicted octanol–water partition coefficient (Wildman–Crippen LogP) is 5.29. The Bertz CT molecular complexity index is 1310. The van der Waals surface area contributed by atoms with E-state index in [0.29, 0.717) is 21.5 Å². The van der Waals surface area contributed by atoms with Crippen molar-refractivity contribution in [3.8, 4) is 17.0 Å². The van der Waals surface area contributed by atoms with Crippen molar-refractivity contribution in [1.29, 1.82) is 0 Å². The highest BCUT2D eigenvalue weighted by Crippen LogP contribution is 2.32. The highest BCUT2D eigenvalue weighted by molar-refractivity contribution is 6.03. The molecule has 0 saturated carbocycles. The third-order valence-electron chi connectivity index (χ3n) is 5.10. The maximum Gasteiger partial charge on any atom is 0.433 e. The quantitative estimate of drug-likeness (QED) is 0.468. The van der Waals surface area contributed by atoms with Crippen LogP contribution >= 0.6 is 0 Å². The molecular formula is C23H19F3N4O2. The minimum Gasteiger partial charge on any atom is -0.497 e. The molecule has 9 heteroatoms. The Kier molecular flexibility index (Phi) is 5.33. The van der Waals surface area contributed by atoms with E-state index in [2.05, 4.69) is 15.4 Å². The van der Waals surface area contributed by atoms with Crippen LogP contribution in [0.15, 0.2) is 54.6 Å². The molecule has 0 spiro atoms. The molecule has 2 aromatic carbocycles. The van der Waals surface area contributed by atoms with Crippen LogP contribution in [-0.4, -0.2) is 27.6 Å². The van der Waals surface area contributed by atoms with Gasteiger partial charge in [0.2, 0.25) is 0 Å². The summed E-state index contributed by atoms with van der Waals surface area (Å²) < 4.78 is 47.0. The van der Waals surface area contributed by atoms with E-state index < -0.39 is 17.8 Å². The van der Waals surface area contributed by atoms with Gasteiger partial charge in [-0.25, -0.2) is 9.50 Å². The number of nitrogens with zero attached hydrogens (tertiary/aromatic N) is 3. The maximum absolute atomic E-state index is 13.8. The molecule has 1 N–H and O–H groups in total. The van der Waals surface area contributed by atoms with Crippen LogP contribution in [0.2, 0.25) is 0 Å². The molecule has 4 rings (SSSR count). The number of aromatic nitrogens is 3. The second-order valence-corrected chi connectivity index (χ2v) is 7.31. The molecule has 2 heterocycles. The lowest BCUT2D eigenvalue weighted by molar-refractivity contribution is -0.142. The number of rotatable bonds is 4. The summed E-state index contributed by atoms with van der Waals surface area (Å²) in [7, 11) is 1.50. The summed E-state index contributed by atoms with van der Waals surface area (Å²) in [6, 6.07) is 14.0. The Morgan fingerprint density at radius 1 is 1.00 bits per heavy atom. The summed E-state index contributed by atoms with van der Waals surface area (Å²) in [6.07, 6.45) is -4.70.